The Bertz CT molecular complexity index is 1340. The van der Waals surface area contributed by atoms with E-state index in [9.17, 15) is 23.6 Å². The van der Waals surface area contributed by atoms with Crippen molar-refractivity contribution in [3.05, 3.63) is 46.7 Å². The molecule has 2 saturated heterocycles. The van der Waals surface area contributed by atoms with Crippen LogP contribution in [0.1, 0.15) is 67.1 Å². The molecule has 0 aliphatic carbocycles. The van der Waals surface area contributed by atoms with Crippen LogP contribution in [-0.2, 0) is 22.6 Å². The second-order valence-corrected chi connectivity index (χ2v) is 9.29. The molecular formula is C26H30FN5O6. The molecule has 2 atom stereocenters. The summed E-state index contributed by atoms with van der Waals surface area (Å²) in [6.45, 7) is 6.16. The highest BCUT2D eigenvalue weighted by Crippen LogP contribution is 2.31. The quantitative estimate of drug-likeness (QED) is 0.356. The number of ether oxygens (including phenoxy) is 1. The number of aryl methyl sites for hydroxylation is 1. The van der Waals surface area contributed by atoms with Gasteiger partial charge in [0, 0.05) is 38.5 Å². The van der Waals surface area contributed by atoms with Gasteiger partial charge in [-0.15, -0.1) is 0 Å². The first-order chi connectivity index (χ1) is 18.0. The molecule has 1 aromatic carbocycles. The summed E-state index contributed by atoms with van der Waals surface area (Å²) in [7, 11) is 3.03. The van der Waals surface area contributed by atoms with E-state index in [1.165, 1.54) is 12.0 Å². The Hall–Kier alpha value is -4.22. The van der Waals surface area contributed by atoms with E-state index in [1.54, 1.807) is 37.1 Å². The monoisotopic (exact) mass is 527 g/mol. The lowest BCUT2D eigenvalue weighted by Crippen LogP contribution is -2.35. The van der Waals surface area contributed by atoms with E-state index in [1.807, 2.05) is 13.8 Å². The van der Waals surface area contributed by atoms with Crippen molar-refractivity contribution in [2.24, 2.45) is 4.99 Å². The number of aliphatic imine (C=N–C) groups is 1. The number of fused-ring (bicyclic) bond motifs is 1. The molecule has 2 fully saturated rings. The molecule has 3 aliphatic heterocycles. The number of hydrogen-bond donors (Lipinski definition) is 2. The summed E-state index contributed by atoms with van der Waals surface area (Å²) in [4.78, 5) is 54.2. The number of nitrogens with one attached hydrogen (secondary N) is 2. The molecule has 11 nitrogen and oxygen atoms in total. The van der Waals surface area contributed by atoms with Crippen LogP contribution in [0.5, 0.6) is 5.75 Å². The molecular weight excluding hydrogens is 497 g/mol. The van der Waals surface area contributed by atoms with Gasteiger partial charge < -0.3 is 19.4 Å². The first-order valence-electron chi connectivity index (χ1n) is 12.3. The van der Waals surface area contributed by atoms with Crippen molar-refractivity contribution in [3.8, 4) is 5.75 Å². The number of furan rings is 1. The molecule has 0 spiro atoms. The van der Waals surface area contributed by atoms with Gasteiger partial charge in [-0.1, -0.05) is 13.0 Å². The van der Waals surface area contributed by atoms with Gasteiger partial charge in [0.15, 0.2) is 17.6 Å². The highest BCUT2D eigenvalue weighted by Gasteiger charge is 2.35. The second-order valence-electron chi connectivity index (χ2n) is 9.29. The van der Waals surface area contributed by atoms with Crippen LogP contribution >= 0.6 is 0 Å². The molecule has 2 aromatic rings. The van der Waals surface area contributed by atoms with Gasteiger partial charge in [0.05, 0.1) is 12.7 Å². The van der Waals surface area contributed by atoms with Crippen LogP contribution in [0.4, 0.5) is 14.9 Å². The van der Waals surface area contributed by atoms with Crippen LogP contribution in [0.2, 0.25) is 0 Å². The fraction of sp³-hybridized carbons (Fsp3) is 0.423. The molecule has 5 amide bonds. The average Bonchev–Trinajstić information content (AvgIpc) is 3.60. The number of rotatable bonds is 4. The van der Waals surface area contributed by atoms with E-state index < -0.39 is 23.8 Å². The first-order valence-corrected chi connectivity index (χ1v) is 12.3. The van der Waals surface area contributed by atoms with E-state index in [0.717, 1.165) is 12.0 Å². The van der Waals surface area contributed by atoms with Crippen LogP contribution in [0.15, 0.2) is 27.6 Å². The third kappa shape index (κ3) is 4.98. The van der Waals surface area contributed by atoms with E-state index in [-0.39, 0.29) is 29.2 Å². The lowest BCUT2D eigenvalue weighted by atomic mass is 10.1. The summed E-state index contributed by atoms with van der Waals surface area (Å²) in [5.41, 5.74) is 1.44. The van der Waals surface area contributed by atoms with Crippen LogP contribution in [0, 0.1) is 5.82 Å². The van der Waals surface area contributed by atoms with Gasteiger partial charge in [-0.2, -0.15) is 0 Å². The van der Waals surface area contributed by atoms with Gasteiger partial charge in [-0.25, -0.2) is 14.2 Å². The number of likely N-dealkylation sites (tertiary alicyclic amines) is 1. The summed E-state index contributed by atoms with van der Waals surface area (Å²) in [6, 6.07) is 3.64. The number of methoxy groups -OCH3 is 1. The fourth-order valence-electron chi connectivity index (χ4n) is 4.74. The zero-order valence-electron chi connectivity index (χ0n) is 21.9. The minimum absolute atomic E-state index is 0.0629. The number of imide groups is 1. The van der Waals surface area contributed by atoms with Crippen molar-refractivity contribution < 1.29 is 32.7 Å². The number of carbonyl (C=O) groups is 4. The zero-order chi connectivity index (χ0) is 27.7. The normalized spacial score (nSPS) is 20.8. The third-order valence-electron chi connectivity index (χ3n) is 6.68. The van der Waals surface area contributed by atoms with E-state index in [0.29, 0.717) is 42.4 Å². The SMILES string of the molecule is CCc1oc(C2NC(=O)NC2=O)cc1N=C(C)N1C(=O)CCC1C.COc1ccc2c(c1F)C(=O)N(C)C2. The highest BCUT2D eigenvalue weighted by atomic mass is 19.1. The van der Waals surface area contributed by atoms with Gasteiger partial charge in [0.1, 0.15) is 23.0 Å². The second kappa shape index (κ2) is 10.6. The molecule has 0 saturated carbocycles. The van der Waals surface area contributed by atoms with E-state index >= 15 is 0 Å². The predicted molar refractivity (Wildman–Crippen MR) is 135 cm³/mol. The number of amidine groups is 1. The Morgan fingerprint density at radius 1 is 1.26 bits per heavy atom. The van der Waals surface area contributed by atoms with Gasteiger partial charge in [-0.3, -0.25) is 24.6 Å². The third-order valence-corrected chi connectivity index (χ3v) is 6.68. The average molecular weight is 528 g/mol. The summed E-state index contributed by atoms with van der Waals surface area (Å²) >= 11 is 0. The Balaban J connectivity index is 0.000000204. The number of benzene rings is 1. The summed E-state index contributed by atoms with van der Waals surface area (Å²) in [5.74, 6) is 0.440. The first kappa shape index (κ1) is 26.8. The fourth-order valence-corrected chi connectivity index (χ4v) is 4.74. The molecule has 12 heteroatoms. The van der Waals surface area contributed by atoms with Crippen molar-refractivity contribution in [3.63, 3.8) is 0 Å². The minimum atomic E-state index is -0.848. The Morgan fingerprint density at radius 2 is 2.00 bits per heavy atom. The van der Waals surface area contributed by atoms with Crippen LogP contribution in [0.3, 0.4) is 0 Å². The molecule has 5 rings (SSSR count). The summed E-state index contributed by atoms with van der Waals surface area (Å²) in [5, 5.41) is 4.67. The molecule has 4 heterocycles. The number of carbonyl (C=O) groups excluding carboxylic acids is 4. The number of amides is 5. The van der Waals surface area contributed by atoms with Crippen LogP contribution in [0.25, 0.3) is 0 Å². The number of nitrogens with zero attached hydrogens (tertiary/aromatic N) is 3. The van der Waals surface area contributed by atoms with Gasteiger partial charge in [0.2, 0.25) is 5.91 Å². The maximum absolute atomic E-state index is 13.6. The van der Waals surface area contributed by atoms with E-state index in [2.05, 4.69) is 15.6 Å². The van der Waals surface area contributed by atoms with Crippen molar-refractivity contribution in [1.29, 1.82) is 0 Å². The largest absolute Gasteiger partial charge is 0.494 e. The highest BCUT2D eigenvalue weighted by molar-refractivity contribution is 6.04. The molecule has 202 valence electrons. The summed E-state index contributed by atoms with van der Waals surface area (Å²) < 4.78 is 24.1. The van der Waals surface area contributed by atoms with Crippen LogP contribution < -0.4 is 15.4 Å². The molecule has 0 bridgehead atoms. The van der Waals surface area contributed by atoms with Gasteiger partial charge in [-0.05, 0) is 31.9 Å². The Kier molecular flexibility index (Phi) is 7.51. The van der Waals surface area contributed by atoms with Gasteiger partial charge >= 0.3 is 6.03 Å². The molecule has 2 unspecified atom stereocenters. The number of hydrogen-bond acceptors (Lipinski definition) is 7. The standard InChI is InChI=1S/C16H20N4O4.C10H10FNO2/c1-4-11-10(17-9(3)20-8(2)5-6-13(20)21)7-12(24-11)14-15(22)19-16(23)18-14;1-12-5-6-3-4-7(14-2)9(11)8(6)10(12)13/h7-8,14H,4-6H2,1-3H3,(H2,18,19,22,23);3-4H,5H2,1-2H3. The van der Waals surface area contributed by atoms with Crippen molar-refractivity contribution in [1.82, 2.24) is 20.4 Å². The molecule has 1 aromatic heterocycles. The topological polar surface area (TPSA) is 134 Å². The molecule has 2 N–H and O–H groups in total. The van der Waals surface area contributed by atoms with Crippen molar-refractivity contribution in [2.45, 2.75) is 58.7 Å². The van der Waals surface area contributed by atoms with Gasteiger partial charge in [0.25, 0.3) is 11.8 Å². The Labute approximate surface area is 219 Å². The van der Waals surface area contributed by atoms with Crippen molar-refractivity contribution >= 4 is 35.3 Å². The Morgan fingerprint density at radius 3 is 2.58 bits per heavy atom. The minimum Gasteiger partial charge on any atom is -0.494 e. The molecule has 3 aliphatic rings. The number of urea groups is 1. The van der Waals surface area contributed by atoms with Crippen molar-refractivity contribution in [2.75, 3.05) is 14.2 Å². The lowest BCUT2D eigenvalue weighted by molar-refractivity contribution is -0.125. The lowest BCUT2D eigenvalue weighted by Gasteiger charge is -2.20. The number of halogens is 1. The summed E-state index contributed by atoms with van der Waals surface area (Å²) in [6.07, 6.45) is 1.93. The van der Waals surface area contributed by atoms with E-state index in [4.69, 9.17) is 9.15 Å². The zero-order valence-corrected chi connectivity index (χ0v) is 21.9. The molecule has 0 radical (unpaired) electrons. The van der Waals surface area contributed by atoms with Crippen LogP contribution in [-0.4, -0.2) is 59.6 Å². The predicted octanol–water partition coefficient (Wildman–Crippen LogP) is 3.20. The molecule has 38 heavy (non-hydrogen) atoms. The maximum Gasteiger partial charge on any atom is 0.322 e. The smallest absolute Gasteiger partial charge is 0.322 e. The maximum atomic E-state index is 13.6.